The molecule has 12 aromatic carbocycles. The van der Waals surface area contributed by atoms with Crippen molar-refractivity contribution in [2.45, 2.75) is 303 Å². The highest BCUT2D eigenvalue weighted by molar-refractivity contribution is 7.79. The van der Waals surface area contributed by atoms with E-state index in [1.807, 2.05) is 147 Å². The summed E-state index contributed by atoms with van der Waals surface area (Å²) in [4.78, 5) is 70.0. The molecule has 1 aliphatic carbocycles. The summed E-state index contributed by atoms with van der Waals surface area (Å²) in [5.74, 6) is 8.65. The lowest BCUT2D eigenvalue weighted by Crippen LogP contribution is -2.10. The van der Waals surface area contributed by atoms with Crippen molar-refractivity contribution in [3.63, 3.8) is 0 Å². The molecule has 0 unspecified atom stereocenters. The van der Waals surface area contributed by atoms with Gasteiger partial charge in [-0.25, -0.2) is 0 Å². The number of hydrogen-bond acceptors (Lipinski definition) is 21. The summed E-state index contributed by atoms with van der Waals surface area (Å²) in [5.41, 5.74) is 31.5. The summed E-state index contributed by atoms with van der Waals surface area (Å²) in [6.07, 6.45) is 5.27. The SMILES string of the molecule is CCC(=O)Oc1cccc(C)c1COc1cc(C)c(C)cc1C.CCC(=O)Oc1cccc(C2CC2)c1COc1cc(C)c(C)cc1C.CCC(=O)Oc1cccc(CC)c1COc1cc(C)c(C)cc1C.CCC(=O)Oc1cccc(CO)c1COc1cc(C)c(C)cc1C.CCC(=O)Oc1cccc(CS)c1COc1cc(C)c(C)cc1C.CCOc1cccc(OC(=O)CC)c1COc1cc(C)c(C)cc1C. The lowest BCUT2D eigenvalue weighted by Gasteiger charge is -2.17. The second kappa shape index (κ2) is 57.8. The lowest BCUT2D eigenvalue weighted by atomic mass is 10.0. The van der Waals surface area contributed by atoms with Gasteiger partial charge < -0.3 is 66.7 Å². The average Bonchev–Trinajstić information content (AvgIpc) is 1.66. The van der Waals surface area contributed by atoms with Crippen LogP contribution >= 0.6 is 12.6 Å². The van der Waals surface area contributed by atoms with Crippen molar-refractivity contribution in [3.8, 4) is 74.7 Å². The quantitative estimate of drug-likeness (QED) is 0.0211. The van der Waals surface area contributed by atoms with Gasteiger partial charge in [-0.3, -0.25) is 28.8 Å². The second-order valence-electron chi connectivity index (χ2n) is 36.6. The van der Waals surface area contributed by atoms with E-state index in [-0.39, 0.29) is 55.6 Å². The number of aliphatic hydroxyl groups is 1. The molecule has 0 amide bonds. The maximum atomic E-state index is 11.8. The van der Waals surface area contributed by atoms with Crippen LogP contribution in [0.3, 0.4) is 0 Å². The summed E-state index contributed by atoms with van der Waals surface area (Å²) in [5, 5.41) is 9.57. The van der Waals surface area contributed by atoms with Crippen molar-refractivity contribution in [3.05, 3.63) is 343 Å². The van der Waals surface area contributed by atoms with Gasteiger partial charge in [-0.05, 0) is 370 Å². The Balaban J connectivity index is 0.000000212. The van der Waals surface area contributed by atoms with Crippen molar-refractivity contribution in [2.24, 2.45) is 0 Å². The maximum absolute atomic E-state index is 11.8. The summed E-state index contributed by atoms with van der Waals surface area (Å²) < 4.78 is 74.6. The highest BCUT2D eigenvalue weighted by Gasteiger charge is 2.29. The molecule has 13 rings (SSSR count). The Morgan fingerprint density at radius 2 is 0.469 bits per heavy atom. The van der Waals surface area contributed by atoms with E-state index in [1.54, 1.807) is 65.0 Å². The van der Waals surface area contributed by atoms with Crippen molar-refractivity contribution in [1.82, 2.24) is 0 Å². The Kier molecular flexibility index (Phi) is 46.5. The number of ether oxygens (including phenoxy) is 13. The van der Waals surface area contributed by atoms with Crippen LogP contribution in [0.15, 0.2) is 182 Å². The molecule has 0 bridgehead atoms. The van der Waals surface area contributed by atoms with E-state index in [9.17, 15) is 33.9 Å². The molecule has 1 N–H and O–H groups in total. The standard InChI is InChI=1S/C22H26O3.C21H26O4.C21H26O3.C20H24O4.C20H24O3S.C20H24O3/c1-5-22(23)25-20-8-6-7-18(17-9-10-17)19(20)13-24-21-12-15(3)14(2)11-16(21)4;1-6-21(22)25-19-10-8-9-18(23-7-2)17(19)13-24-20-12-15(4)14(3)11-16(20)5;1-6-17-9-8-10-19(24-21(22)7-2)18(17)13-23-20-12-15(4)14(3)11-16(20)5;1-5-20(22)24-18-8-6-7-16(11-21)17(18)12-23-19-10-14(3)13(2)9-15(19)4;1-5-20(21)23-18-8-6-7-16(12-24)17(18)11-22-19-10-14(3)13(2)9-15(19)4;1-6-20(21)23-18-9-7-8-13(2)17(18)12-22-19-11-15(4)14(3)10-16(19)5/h6-8,11-12,17H,5,9-10,13H2,1-4H3;8-12H,6-7,13H2,1-5H3;8-12H,6-7,13H2,1-5H3;6-10,21H,5,11-12H2,1-4H3;6-10,24H,5,11-12H2,1-4H3;7-11H,6,12H2,1-5H3. The van der Waals surface area contributed by atoms with Crippen molar-refractivity contribution in [2.75, 3.05) is 6.61 Å². The molecule has 20 nitrogen and oxygen atoms in total. The van der Waals surface area contributed by atoms with Crippen LogP contribution in [0, 0.1) is 132 Å². The highest BCUT2D eigenvalue weighted by atomic mass is 32.1. The van der Waals surface area contributed by atoms with Crippen LogP contribution in [0.1, 0.15) is 274 Å². The fraction of sp³-hybridized carbons (Fsp3) is 0.371. The molecule has 0 aliphatic heterocycles. The Hall–Kier alpha value is -13.6. The van der Waals surface area contributed by atoms with E-state index in [0.29, 0.717) is 135 Å². The molecule has 21 heteroatoms. The first-order chi connectivity index (χ1) is 69.2. The fourth-order valence-electron chi connectivity index (χ4n) is 15.5. The van der Waals surface area contributed by atoms with E-state index in [0.717, 1.165) is 124 Å². The van der Waals surface area contributed by atoms with Gasteiger partial charge in [-0.15, -0.1) is 0 Å². The van der Waals surface area contributed by atoms with Gasteiger partial charge in [-0.1, -0.05) is 152 Å². The number of rotatable bonds is 36. The molecule has 772 valence electrons. The maximum Gasteiger partial charge on any atom is 0.310 e. The fourth-order valence-corrected chi connectivity index (χ4v) is 15.8. The molecule has 1 fully saturated rings. The Labute approximate surface area is 865 Å². The predicted molar refractivity (Wildman–Crippen MR) is 580 cm³/mol. The molecular weight excluding hydrogens is 1840 g/mol. The predicted octanol–water partition coefficient (Wildman–Crippen LogP) is 29.1. The highest BCUT2D eigenvalue weighted by Crippen LogP contribution is 2.45. The monoisotopic (exact) mass is 1990 g/mol. The number of aliphatic hydroxyl groups excluding tert-OH is 1. The number of hydrogen-bond donors (Lipinski definition) is 2. The van der Waals surface area contributed by atoms with Gasteiger partial charge in [0, 0.05) is 72.1 Å². The van der Waals surface area contributed by atoms with Gasteiger partial charge >= 0.3 is 35.8 Å². The largest absolute Gasteiger partial charge is 0.493 e. The van der Waals surface area contributed by atoms with E-state index >= 15 is 0 Å². The molecular formula is C124H150O20S. The molecule has 0 spiro atoms. The molecule has 1 saturated carbocycles. The summed E-state index contributed by atoms with van der Waals surface area (Å²) in [6, 6.07) is 58.8. The van der Waals surface area contributed by atoms with Gasteiger partial charge in [0.1, 0.15) is 114 Å². The Morgan fingerprint density at radius 3 is 0.759 bits per heavy atom. The zero-order valence-corrected chi connectivity index (χ0v) is 91.2. The molecule has 12 aromatic rings. The molecule has 0 heterocycles. The smallest absolute Gasteiger partial charge is 0.310 e. The van der Waals surface area contributed by atoms with E-state index < -0.39 is 0 Å². The molecule has 145 heavy (non-hydrogen) atoms. The first kappa shape index (κ1) is 117. The Morgan fingerprint density at radius 1 is 0.241 bits per heavy atom. The molecule has 0 radical (unpaired) electrons. The molecule has 0 aromatic heterocycles. The minimum atomic E-state index is -0.311. The Bertz CT molecular complexity index is 6150. The topological polar surface area (TPSA) is 243 Å². The van der Waals surface area contributed by atoms with E-state index in [4.69, 9.17) is 61.6 Å². The summed E-state index contributed by atoms with van der Waals surface area (Å²) >= 11 is 4.37. The van der Waals surface area contributed by atoms with Gasteiger partial charge in [0.25, 0.3) is 0 Å². The van der Waals surface area contributed by atoms with Crippen molar-refractivity contribution in [1.29, 1.82) is 0 Å². The molecule has 0 atom stereocenters. The van der Waals surface area contributed by atoms with Crippen LogP contribution in [0.4, 0.5) is 0 Å². The third-order valence-electron chi connectivity index (χ3n) is 25.4. The van der Waals surface area contributed by atoms with Crippen LogP contribution in [0.25, 0.3) is 0 Å². The normalized spacial score (nSPS) is 11.0. The van der Waals surface area contributed by atoms with Crippen LogP contribution in [-0.4, -0.2) is 47.5 Å². The minimum Gasteiger partial charge on any atom is -0.493 e. The number of aryl methyl sites for hydroxylation is 20. The molecule has 0 saturated heterocycles. The van der Waals surface area contributed by atoms with Crippen molar-refractivity contribution >= 4 is 48.4 Å². The zero-order chi connectivity index (χ0) is 106. The third kappa shape index (κ3) is 34.8. The second-order valence-corrected chi connectivity index (χ2v) is 36.9. The third-order valence-corrected chi connectivity index (χ3v) is 25.8. The number of carbonyl (C=O) groups is 6. The summed E-state index contributed by atoms with van der Waals surface area (Å²) in [7, 11) is 0. The minimum absolute atomic E-state index is 0.137. The molecule has 1 aliphatic rings. The van der Waals surface area contributed by atoms with Gasteiger partial charge in [0.2, 0.25) is 0 Å². The van der Waals surface area contributed by atoms with Crippen LogP contribution in [0.5, 0.6) is 74.7 Å². The lowest BCUT2D eigenvalue weighted by molar-refractivity contribution is -0.135. The van der Waals surface area contributed by atoms with Gasteiger partial charge in [-0.2, -0.15) is 12.6 Å². The van der Waals surface area contributed by atoms with Crippen LogP contribution < -0.4 is 61.6 Å². The van der Waals surface area contributed by atoms with Crippen molar-refractivity contribution < 1.29 is 95.5 Å². The van der Waals surface area contributed by atoms with Gasteiger partial charge in [0.15, 0.2) is 0 Å². The number of benzene rings is 12. The average molecular weight is 1990 g/mol. The van der Waals surface area contributed by atoms with E-state index in [1.165, 1.54) is 79.6 Å². The number of carbonyl (C=O) groups excluding carboxylic acids is 6. The van der Waals surface area contributed by atoms with Gasteiger partial charge in [0.05, 0.1) is 18.8 Å². The zero-order valence-electron chi connectivity index (χ0n) is 90.3. The number of thiol groups is 1. The van der Waals surface area contributed by atoms with Crippen LogP contribution in [0.2, 0.25) is 0 Å². The van der Waals surface area contributed by atoms with Crippen LogP contribution in [-0.2, 0) is 87.2 Å². The first-order valence-electron chi connectivity index (χ1n) is 50.2. The van der Waals surface area contributed by atoms with E-state index in [2.05, 4.69) is 169 Å². The summed E-state index contributed by atoms with van der Waals surface area (Å²) in [6.45, 7) is 56.2. The number of esters is 6. The first-order valence-corrected chi connectivity index (χ1v) is 50.8.